The monoisotopic (exact) mass is 431 g/mol. The van der Waals surface area contributed by atoms with Gasteiger partial charge in [-0.25, -0.2) is 4.98 Å². The zero-order valence-electron chi connectivity index (χ0n) is 18.2. The number of para-hydroxylation sites is 1. The second-order valence-electron chi connectivity index (χ2n) is 8.10. The first kappa shape index (κ1) is 21.3. The maximum atomic E-state index is 13.2. The summed E-state index contributed by atoms with van der Waals surface area (Å²) < 4.78 is 0. The molecule has 8 heteroatoms. The van der Waals surface area contributed by atoms with Gasteiger partial charge in [-0.1, -0.05) is 32.0 Å². The number of amides is 2. The van der Waals surface area contributed by atoms with Crippen LogP contribution in [0, 0.1) is 5.92 Å². The van der Waals surface area contributed by atoms with Crippen molar-refractivity contribution < 1.29 is 14.4 Å². The van der Waals surface area contributed by atoms with Crippen LogP contribution in [0.15, 0.2) is 48.7 Å². The maximum absolute atomic E-state index is 13.2. The van der Waals surface area contributed by atoms with E-state index in [4.69, 9.17) is 0 Å². The molecular weight excluding hydrogens is 406 g/mol. The number of benzene rings is 1. The first-order valence-electron chi connectivity index (χ1n) is 10.5. The molecule has 3 heterocycles. The van der Waals surface area contributed by atoms with Gasteiger partial charge in [-0.05, 0) is 24.3 Å². The van der Waals surface area contributed by atoms with Crippen molar-refractivity contribution >= 4 is 34.8 Å². The van der Waals surface area contributed by atoms with E-state index in [1.165, 1.54) is 6.92 Å². The van der Waals surface area contributed by atoms with Gasteiger partial charge in [-0.3, -0.25) is 14.4 Å². The number of rotatable bonds is 5. The van der Waals surface area contributed by atoms with E-state index in [1.807, 2.05) is 44.2 Å². The average Bonchev–Trinajstić information content (AvgIpc) is 3.12. The Bertz CT molecular complexity index is 1180. The van der Waals surface area contributed by atoms with Crippen LogP contribution in [0.2, 0.25) is 0 Å². The largest absolute Gasteiger partial charge is 0.355 e. The summed E-state index contributed by atoms with van der Waals surface area (Å²) in [5.41, 5.74) is 4.16. The van der Waals surface area contributed by atoms with E-state index < -0.39 is 0 Å². The molecule has 0 unspecified atom stereocenters. The van der Waals surface area contributed by atoms with Gasteiger partial charge >= 0.3 is 0 Å². The molecule has 164 valence electrons. The Morgan fingerprint density at radius 3 is 2.56 bits per heavy atom. The van der Waals surface area contributed by atoms with Crippen LogP contribution in [-0.4, -0.2) is 39.0 Å². The summed E-state index contributed by atoms with van der Waals surface area (Å²) in [6.07, 6.45) is 1.60. The van der Waals surface area contributed by atoms with Gasteiger partial charge in [-0.15, -0.1) is 0 Å². The predicted molar refractivity (Wildman–Crippen MR) is 123 cm³/mol. The van der Waals surface area contributed by atoms with Crippen molar-refractivity contribution in [2.45, 2.75) is 27.3 Å². The first-order chi connectivity index (χ1) is 15.3. The molecule has 0 fully saturated rings. The van der Waals surface area contributed by atoms with Crippen LogP contribution >= 0.6 is 0 Å². The second-order valence-corrected chi connectivity index (χ2v) is 8.10. The number of H-pyrrole nitrogens is 1. The van der Waals surface area contributed by atoms with Crippen LogP contribution in [0.1, 0.15) is 36.8 Å². The standard InChI is InChI=1S/C24H25N5O3/c1-14(2)24(32)29-12-18-21(19(31)13-29)23(27-17-7-5-4-6-8-17)22(28-18)16-9-10-25-20(11-16)26-15(3)30/h4-11,14,27-28H,12-13H2,1-3H3,(H,25,26,30). The molecule has 2 aromatic heterocycles. The fourth-order valence-corrected chi connectivity index (χ4v) is 3.84. The minimum Gasteiger partial charge on any atom is -0.355 e. The van der Waals surface area contributed by atoms with Crippen molar-refractivity contribution in [3.8, 4) is 11.3 Å². The molecule has 0 spiro atoms. The second kappa shape index (κ2) is 8.66. The van der Waals surface area contributed by atoms with E-state index in [1.54, 1.807) is 23.2 Å². The Labute approximate surface area is 186 Å². The Morgan fingerprint density at radius 2 is 1.88 bits per heavy atom. The molecule has 8 nitrogen and oxygen atoms in total. The fourth-order valence-electron chi connectivity index (χ4n) is 3.84. The summed E-state index contributed by atoms with van der Waals surface area (Å²) in [7, 11) is 0. The maximum Gasteiger partial charge on any atom is 0.225 e. The van der Waals surface area contributed by atoms with Gasteiger partial charge in [0, 0.05) is 36.0 Å². The van der Waals surface area contributed by atoms with Crippen molar-refractivity contribution in [3.63, 3.8) is 0 Å². The zero-order valence-corrected chi connectivity index (χ0v) is 18.2. The predicted octanol–water partition coefficient (Wildman–Crippen LogP) is 3.96. The molecule has 1 aromatic carbocycles. The van der Waals surface area contributed by atoms with E-state index in [2.05, 4.69) is 20.6 Å². The summed E-state index contributed by atoms with van der Waals surface area (Å²) in [4.78, 5) is 46.3. The van der Waals surface area contributed by atoms with Crippen LogP contribution in [0.4, 0.5) is 17.2 Å². The zero-order chi connectivity index (χ0) is 22.8. The molecule has 2 amide bonds. The summed E-state index contributed by atoms with van der Waals surface area (Å²) in [5, 5.41) is 6.06. The van der Waals surface area contributed by atoms with Crippen LogP contribution in [0.5, 0.6) is 0 Å². The first-order valence-corrected chi connectivity index (χ1v) is 10.5. The third kappa shape index (κ3) is 4.25. The molecule has 32 heavy (non-hydrogen) atoms. The van der Waals surface area contributed by atoms with Crippen molar-refractivity contribution in [2.24, 2.45) is 5.92 Å². The minimum absolute atomic E-state index is 0.0399. The highest BCUT2D eigenvalue weighted by Gasteiger charge is 2.33. The minimum atomic E-state index is -0.221. The van der Waals surface area contributed by atoms with Gasteiger partial charge in [0.15, 0.2) is 5.78 Å². The smallest absolute Gasteiger partial charge is 0.225 e. The Hall–Kier alpha value is -3.94. The van der Waals surface area contributed by atoms with E-state index in [-0.39, 0.29) is 30.1 Å². The molecule has 3 aromatic rings. The molecule has 0 atom stereocenters. The van der Waals surface area contributed by atoms with Crippen LogP contribution < -0.4 is 10.6 Å². The SMILES string of the molecule is CC(=O)Nc1cc(-c2[nH]c3c(c2Nc2ccccc2)C(=O)CN(C(=O)C(C)C)C3)ccn1. The highest BCUT2D eigenvalue weighted by atomic mass is 16.2. The molecule has 1 aliphatic heterocycles. The van der Waals surface area contributed by atoms with Crippen molar-refractivity contribution in [1.29, 1.82) is 0 Å². The fraction of sp³-hybridized carbons (Fsp3) is 0.250. The van der Waals surface area contributed by atoms with Gasteiger partial charge in [0.1, 0.15) is 5.82 Å². The van der Waals surface area contributed by atoms with E-state index in [0.717, 1.165) is 11.3 Å². The number of Topliss-reactive ketones (excluding diaryl/α,β-unsaturated/α-hetero) is 1. The molecule has 1 aliphatic rings. The van der Waals surface area contributed by atoms with Gasteiger partial charge in [0.05, 0.1) is 30.0 Å². The number of carbonyl (C=O) groups excluding carboxylic acids is 3. The lowest BCUT2D eigenvalue weighted by Gasteiger charge is -2.28. The van der Waals surface area contributed by atoms with E-state index >= 15 is 0 Å². The van der Waals surface area contributed by atoms with Gasteiger partial charge in [0.2, 0.25) is 11.8 Å². The Balaban J connectivity index is 1.81. The van der Waals surface area contributed by atoms with Gasteiger partial charge in [-0.2, -0.15) is 0 Å². The summed E-state index contributed by atoms with van der Waals surface area (Å²) in [6.45, 7) is 5.43. The number of hydrogen-bond acceptors (Lipinski definition) is 5. The third-order valence-corrected chi connectivity index (χ3v) is 5.24. The van der Waals surface area contributed by atoms with Gasteiger partial charge < -0.3 is 20.5 Å². The van der Waals surface area contributed by atoms with Crippen LogP contribution in [0.3, 0.4) is 0 Å². The molecule has 4 rings (SSSR count). The van der Waals surface area contributed by atoms with Gasteiger partial charge in [0.25, 0.3) is 0 Å². The number of pyridine rings is 1. The lowest BCUT2D eigenvalue weighted by atomic mass is 10.0. The van der Waals surface area contributed by atoms with Crippen LogP contribution in [-0.2, 0) is 16.1 Å². The Morgan fingerprint density at radius 1 is 1.12 bits per heavy atom. The molecule has 3 N–H and O–H groups in total. The summed E-state index contributed by atoms with van der Waals surface area (Å²) in [5.74, 6) is -0.190. The number of aromatic nitrogens is 2. The summed E-state index contributed by atoms with van der Waals surface area (Å²) in [6, 6.07) is 13.1. The number of ketones is 1. The number of aromatic amines is 1. The molecule has 0 aliphatic carbocycles. The normalized spacial score (nSPS) is 13.1. The number of fused-ring (bicyclic) bond motifs is 1. The van der Waals surface area contributed by atoms with E-state index in [9.17, 15) is 14.4 Å². The molecular formula is C24H25N5O3. The average molecular weight is 431 g/mol. The molecule has 0 bridgehead atoms. The highest BCUT2D eigenvalue weighted by molar-refractivity contribution is 6.09. The lowest BCUT2D eigenvalue weighted by Crippen LogP contribution is -2.41. The number of anilines is 3. The molecule has 0 saturated carbocycles. The van der Waals surface area contributed by atoms with Crippen LogP contribution in [0.25, 0.3) is 11.3 Å². The highest BCUT2D eigenvalue weighted by Crippen LogP contribution is 2.38. The number of nitrogens with zero attached hydrogens (tertiary/aromatic N) is 2. The van der Waals surface area contributed by atoms with Crippen molar-refractivity contribution in [2.75, 3.05) is 17.2 Å². The Kier molecular flexibility index (Phi) is 5.77. The number of hydrogen-bond donors (Lipinski definition) is 3. The summed E-state index contributed by atoms with van der Waals surface area (Å²) >= 11 is 0. The number of carbonyl (C=O) groups is 3. The van der Waals surface area contributed by atoms with Crippen molar-refractivity contribution in [1.82, 2.24) is 14.9 Å². The molecule has 0 radical (unpaired) electrons. The lowest BCUT2D eigenvalue weighted by molar-refractivity contribution is -0.134. The quantitative estimate of drug-likeness (QED) is 0.567. The van der Waals surface area contributed by atoms with E-state index in [0.29, 0.717) is 35.0 Å². The third-order valence-electron chi connectivity index (χ3n) is 5.24. The number of nitrogens with one attached hydrogen (secondary N) is 3. The molecule has 0 saturated heterocycles. The van der Waals surface area contributed by atoms with Crippen molar-refractivity contribution in [3.05, 3.63) is 59.9 Å². The topological polar surface area (TPSA) is 107 Å².